The first-order valence-electron chi connectivity index (χ1n) is 5.65. The monoisotopic (exact) mass is 232 g/mol. The molecule has 5 heteroatoms. The van der Waals surface area contributed by atoms with Gasteiger partial charge >= 0.3 is 0 Å². The standard InChI is InChI=1S/C10H20N2O2S/c1-15(13,14)8-7-12-6-2-3-10(12)4-5-11-9-10/h11H,2-9H2,1H3. The predicted molar refractivity (Wildman–Crippen MR) is 60.7 cm³/mol. The Morgan fingerprint density at radius 2 is 2.20 bits per heavy atom. The van der Waals surface area contributed by atoms with Gasteiger partial charge in [-0.2, -0.15) is 0 Å². The number of sulfone groups is 1. The summed E-state index contributed by atoms with van der Waals surface area (Å²) in [5, 5.41) is 3.39. The van der Waals surface area contributed by atoms with Crippen molar-refractivity contribution in [2.24, 2.45) is 0 Å². The molecule has 2 heterocycles. The lowest BCUT2D eigenvalue weighted by atomic mass is 9.95. The van der Waals surface area contributed by atoms with Crippen LogP contribution >= 0.6 is 0 Å². The average Bonchev–Trinajstić information content (AvgIpc) is 2.73. The minimum Gasteiger partial charge on any atom is -0.315 e. The fourth-order valence-corrected chi connectivity index (χ4v) is 3.39. The van der Waals surface area contributed by atoms with Gasteiger partial charge in [-0.15, -0.1) is 0 Å². The summed E-state index contributed by atoms with van der Waals surface area (Å²) in [6, 6.07) is 0. The zero-order valence-electron chi connectivity index (χ0n) is 9.33. The van der Waals surface area contributed by atoms with Gasteiger partial charge in [0.2, 0.25) is 0 Å². The molecule has 2 aliphatic rings. The second-order valence-electron chi connectivity index (χ2n) is 4.87. The predicted octanol–water partition coefficient (Wildman–Crippen LogP) is -0.141. The van der Waals surface area contributed by atoms with E-state index < -0.39 is 9.84 Å². The van der Waals surface area contributed by atoms with Crippen molar-refractivity contribution in [3.05, 3.63) is 0 Å². The van der Waals surface area contributed by atoms with Crippen LogP contribution < -0.4 is 5.32 Å². The summed E-state index contributed by atoms with van der Waals surface area (Å²) in [7, 11) is -2.82. The molecule has 1 N–H and O–H groups in total. The molecule has 2 saturated heterocycles. The Bertz CT molecular complexity index is 315. The molecule has 1 spiro atoms. The number of likely N-dealkylation sites (tertiary alicyclic amines) is 1. The Morgan fingerprint density at radius 3 is 2.80 bits per heavy atom. The number of rotatable bonds is 3. The van der Waals surface area contributed by atoms with E-state index >= 15 is 0 Å². The van der Waals surface area contributed by atoms with E-state index in [4.69, 9.17) is 0 Å². The van der Waals surface area contributed by atoms with Crippen LogP contribution in [-0.2, 0) is 9.84 Å². The number of nitrogens with zero attached hydrogens (tertiary/aromatic N) is 1. The van der Waals surface area contributed by atoms with Crippen molar-refractivity contribution in [3.8, 4) is 0 Å². The molecule has 2 aliphatic heterocycles. The summed E-state index contributed by atoms with van der Waals surface area (Å²) in [5.41, 5.74) is 0.282. The Morgan fingerprint density at radius 1 is 1.40 bits per heavy atom. The van der Waals surface area contributed by atoms with Gasteiger partial charge in [0.25, 0.3) is 0 Å². The smallest absolute Gasteiger partial charge is 0.148 e. The van der Waals surface area contributed by atoms with Crippen molar-refractivity contribution in [2.75, 3.05) is 38.2 Å². The highest BCUT2D eigenvalue weighted by molar-refractivity contribution is 7.90. The van der Waals surface area contributed by atoms with Crippen molar-refractivity contribution >= 4 is 9.84 Å². The first kappa shape index (κ1) is 11.4. The Hall–Kier alpha value is -0.130. The van der Waals surface area contributed by atoms with Crippen LogP contribution in [0.1, 0.15) is 19.3 Å². The van der Waals surface area contributed by atoms with E-state index in [1.165, 1.54) is 25.5 Å². The molecule has 0 aliphatic carbocycles. The summed E-state index contributed by atoms with van der Waals surface area (Å²) in [5.74, 6) is 0.300. The van der Waals surface area contributed by atoms with Crippen molar-refractivity contribution in [2.45, 2.75) is 24.8 Å². The highest BCUT2D eigenvalue weighted by atomic mass is 32.2. The quantitative estimate of drug-likeness (QED) is 0.736. The second kappa shape index (κ2) is 4.03. The molecule has 0 bridgehead atoms. The summed E-state index contributed by atoms with van der Waals surface area (Å²) >= 11 is 0. The molecular weight excluding hydrogens is 212 g/mol. The number of hydrogen-bond acceptors (Lipinski definition) is 4. The first-order chi connectivity index (χ1) is 7.02. The maximum absolute atomic E-state index is 11.1. The highest BCUT2D eigenvalue weighted by Gasteiger charge is 2.42. The molecule has 0 aromatic heterocycles. The van der Waals surface area contributed by atoms with Crippen LogP contribution in [0.3, 0.4) is 0 Å². The van der Waals surface area contributed by atoms with E-state index in [9.17, 15) is 8.42 Å². The lowest BCUT2D eigenvalue weighted by Crippen LogP contribution is -2.47. The van der Waals surface area contributed by atoms with Crippen molar-refractivity contribution < 1.29 is 8.42 Å². The van der Waals surface area contributed by atoms with Gasteiger partial charge in [0, 0.05) is 24.9 Å². The molecule has 0 radical (unpaired) electrons. The van der Waals surface area contributed by atoms with Gasteiger partial charge in [0.05, 0.1) is 5.75 Å². The van der Waals surface area contributed by atoms with E-state index in [1.807, 2.05) is 0 Å². The third-order valence-corrected chi connectivity index (χ3v) is 4.62. The van der Waals surface area contributed by atoms with Gasteiger partial charge in [0.1, 0.15) is 9.84 Å². The normalized spacial score (nSPS) is 32.9. The molecule has 1 unspecified atom stereocenters. The second-order valence-corrected chi connectivity index (χ2v) is 7.13. The highest BCUT2D eigenvalue weighted by Crippen LogP contribution is 2.33. The molecule has 88 valence electrons. The molecule has 2 rings (SSSR count). The van der Waals surface area contributed by atoms with Crippen LogP contribution in [0.2, 0.25) is 0 Å². The molecule has 0 amide bonds. The fourth-order valence-electron chi connectivity index (χ4n) is 2.83. The minimum atomic E-state index is -2.82. The van der Waals surface area contributed by atoms with E-state index in [1.54, 1.807) is 0 Å². The van der Waals surface area contributed by atoms with Gasteiger partial charge in [-0.1, -0.05) is 0 Å². The van der Waals surface area contributed by atoms with Crippen molar-refractivity contribution in [1.82, 2.24) is 10.2 Å². The number of hydrogen-bond donors (Lipinski definition) is 1. The molecule has 0 aromatic rings. The van der Waals surface area contributed by atoms with E-state index in [0.29, 0.717) is 12.3 Å². The zero-order valence-corrected chi connectivity index (χ0v) is 10.1. The fraction of sp³-hybridized carbons (Fsp3) is 1.00. The molecule has 1 atom stereocenters. The van der Waals surface area contributed by atoms with Crippen LogP contribution in [0.5, 0.6) is 0 Å². The Balaban J connectivity index is 1.96. The summed E-state index contributed by atoms with van der Waals surface area (Å²) in [6.07, 6.45) is 4.94. The summed E-state index contributed by atoms with van der Waals surface area (Å²) in [4.78, 5) is 2.38. The van der Waals surface area contributed by atoms with Crippen LogP contribution in [-0.4, -0.2) is 57.0 Å². The molecule has 0 aromatic carbocycles. The van der Waals surface area contributed by atoms with Gasteiger partial charge in [-0.05, 0) is 32.4 Å². The average molecular weight is 232 g/mol. The lowest BCUT2D eigenvalue weighted by molar-refractivity contribution is 0.166. The van der Waals surface area contributed by atoms with Gasteiger partial charge in [-0.3, -0.25) is 4.90 Å². The van der Waals surface area contributed by atoms with Crippen molar-refractivity contribution in [3.63, 3.8) is 0 Å². The first-order valence-corrected chi connectivity index (χ1v) is 7.71. The van der Waals surface area contributed by atoms with E-state index in [-0.39, 0.29) is 5.54 Å². The van der Waals surface area contributed by atoms with Crippen LogP contribution in [0, 0.1) is 0 Å². The largest absolute Gasteiger partial charge is 0.315 e. The molecule has 0 saturated carbocycles. The SMILES string of the molecule is CS(=O)(=O)CCN1CCCC12CCNC2. The Kier molecular flexibility index (Phi) is 3.05. The molecule has 15 heavy (non-hydrogen) atoms. The van der Waals surface area contributed by atoms with E-state index in [2.05, 4.69) is 10.2 Å². The minimum absolute atomic E-state index is 0.282. The molecule has 2 fully saturated rings. The zero-order chi connectivity index (χ0) is 10.9. The van der Waals surface area contributed by atoms with E-state index in [0.717, 1.165) is 19.6 Å². The van der Waals surface area contributed by atoms with Crippen molar-refractivity contribution in [1.29, 1.82) is 0 Å². The number of nitrogens with one attached hydrogen (secondary N) is 1. The lowest BCUT2D eigenvalue weighted by Gasteiger charge is -2.34. The Labute approximate surface area is 91.9 Å². The van der Waals surface area contributed by atoms with Gasteiger partial charge < -0.3 is 5.32 Å². The molecule has 4 nitrogen and oxygen atoms in total. The molecular formula is C10H20N2O2S. The van der Waals surface area contributed by atoms with Gasteiger partial charge in [-0.25, -0.2) is 8.42 Å². The third kappa shape index (κ3) is 2.52. The summed E-state index contributed by atoms with van der Waals surface area (Å²) < 4.78 is 22.3. The van der Waals surface area contributed by atoms with Crippen LogP contribution in [0.15, 0.2) is 0 Å². The summed E-state index contributed by atoms with van der Waals surface area (Å²) in [6.45, 7) is 3.89. The van der Waals surface area contributed by atoms with Crippen LogP contribution in [0.25, 0.3) is 0 Å². The topological polar surface area (TPSA) is 49.4 Å². The van der Waals surface area contributed by atoms with Gasteiger partial charge in [0.15, 0.2) is 0 Å². The van der Waals surface area contributed by atoms with Crippen LogP contribution in [0.4, 0.5) is 0 Å². The maximum Gasteiger partial charge on any atom is 0.148 e. The maximum atomic E-state index is 11.1. The third-order valence-electron chi connectivity index (χ3n) is 3.69.